The number of aliphatic hydroxyl groups excluding tert-OH is 1. The third kappa shape index (κ3) is 3.63. The molecule has 0 aliphatic carbocycles. The van der Waals surface area contributed by atoms with Gasteiger partial charge in [0.2, 0.25) is 0 Å². The Balaban J connectivity index is 2.03. The maximum Gasteiger partial charge on any atom is 0.0554 e. The van der Waals surface area contributed by atoms with Crippen molar-refractivity contribution in [3.8, 4) is 0 Å². The first-order valence-corrected chi connectivity index (χ1v) is 5.08. The number of ether oxygens (including phenoxy) is 1. The molecule has 1 unspecified atom stereocenters. The molecular formula is C10H21NO2. The lowest BCUT2D eigenvalue weighted by Crippen LogP contribution is -2.49. The smallest absolute Gasteiger partial charge is 0.0554 e. The Labute approximate surface area is 80.5 Å². The van der Waals surface area contributed by atoms with Crippen molar-refractivity contribution in [3.63, 3.8) is 0 Å². The van der Waals surface area contributed by atoms with E-state index in [1.807, 2.05) is 0 Å². The van der Waals surface area contributed by atoms with Crippen LogP contribution in [0.2, 0.25) is 0 Å². The van der Waals surface area contributed by atoms with Crippen LogP contribution < -0.4 is 5.32 Å². The summed E-state index contributed by atoms with van der Waals surface area (Å²) < 4.78 is 5.17. The van der Waals surface area contributed by atoms with E-state index in [0.29, 0.717) is 18.1 Å². The minimum Gasteiger partial charge on any atom is -0.396 e. The molecule has 0 spiro atoms. The van der Waals surface area contributed by atoms with E-state index in [2.05, 4.69) is 19.2 Å². The van der Waals surface area contributed by atoms with Crippen LogP contribution in [0.3, 0.4) is 0 Å². The lowest BCUT2D eigenvalue weighted by atomic mass is 9.88. The van der Waals surface area contributed by atoms with E-state index in [0.717, 1.165) is 32.6 Å². The van der Waals surface area contributed by atoms with Crippen molar-refractivity contribution in [1.82, 2.24) is 5.32 Å². The fraction of sp³-hybridized carbons (Fsp3) is 1.00. The summed E-state index contributed by atoms with van der Waals surface area (Å²) in [6.07, 6.45) is 1.94. The van der Waals surface area contributed by atoms with Gasteiger partial charge in [-0.3, -0.25) is 0 Å². The van der Waals surface area contributed by atoms with Gasteiger partial charge in [-0.2, -0.15) is 0 Å². The van der Waals surface area contributed by atoms with Crippen LogP contribution in [0.15, 0.2) is 0 Å². The SMILES string of the molecule is CC(CCCO)NCC1(C)COC1. The van der Waals surface area contributed by atoms with Gasteiger partial charge in [-0.1, -0.05) is 6.92 Å². The Morgan fingerprint density at radius 2 is 2.23 bits per heavy atom. The van der Waals surface area contributed by atoms with E-state index in [4.69, 9.17) is 9.84 Å². The quantitative estimate of drug-likeness (QED) is 0.645. The number of aliphatic hydroxyl groups is 1. The van der Waals surface area contributed by atoms with Gasteiger partial charge in [0.1, 0.15) is 0 Å². The Morgan fingerprint density at radius 1 is 1.54 bits per heavy atom. The molecule has 0 aromatic rings. The summed E-state index contributed by atoms with van der Waals surface area (Å²) in [4.78, 5) is 0. The molecule has 13 heavy (non-hydrogen) atoms. The van der Waals surface area contributed by atoms with Crippen LogP contribution in [0.25, 0.3) is 0 Å². The van der Waals surface area contributed by atoms with E-state index in [-0.39, 0.29) is 0 Å². The van der Waals surface area contributed by atoms with Crippen molar-refractivity contribution in [1.29, 1.82) is 0 Å². The Morgan fingerprint density at radius 3 is 2.69 bits per heavy atom. The highest BCUT2D eigenvalue weighted by Crippen LogP contribution is 2.25. The molecule has 0 aromatic carbocycles. The van der Waals surface area contributed by atoms with Crippen LogP contribution in [0, 0.1) is 5.41 Å². The van der Waals surface area contributed by atoms with Gasteiger partial charge in [-0.15, -0.1) is 0 Å². The summed E-state index contributed by atoms with van der Waals surface area (Å²) in [5, 5.41) is 12.1. The molecule has 78 valence electrons. The third-order valence-electron chi connectivity index (χ3n) is 2.57. The third-order valence-corrected chi connectivity index (χ3v) is 2.57. The van der Waals surface area contributed by atoms with Gasteiger partial charge in [-0.05, 0) is 19.8 Å². The van der Waals surface area contributed by atoms with Gasteiger partial charge >= 0.3 is 0 Å². The van der Waals surface area contributed by atoms with Crippen LogP contribution in [0.4, 0.5) is 0 Å². The Kier molecular flexibility index (Phi) is 4.16. The monoisotopic (exact) mass is 187 g/mol. The normalized spacial score (nSPS) is 22.4. The molecule has 1 rings (SSSR count). The summed E-state index contributed by atoms with van der Waals surface area (Å²) in [6, 6.07) is 0.504. The minimum absolute atomic E-state index is 0.298. The van der Waals surface area contributed by atoms with E-state index < -0.39 is 0 Å². The number of rotatable bonds is 6. The van der Waals surface area contributed by atoms with E-state index >= 15 is 0 Å². The predicted molar refractivity (Wildman–Crippen MR) is 52.7 cm³/mol. The lowest BCUT2D eigenvalue weighted by Gasteiger charge is -2.39. The molecule has 3 heteroatoms. The predicted octanol–water partition coefficient (Wildman–Crippen LogP) is 0.774. The van der Waals surface area contributed by atoms with Crippen molar-refractivity contribution < 1.29 is 9.84 Å². The Hall–Kier alpha value is -0.120. The molecule has 0 bridgehead atoms. The van der Waals surface area contributed by atoms with Crippen LogP contribution in [0.1, 0.15) is 26.7 Å². The second kappa shape index (κ2) is 4.94. The first kappa shape index (κ1) is 11.0. The summed E-state index contributed by atoms with van der Waals surface area (Å²) >= 11 is 0. The number of nitrogens with one attached hydrogen (secondary N) is 1. The number of hydrogen-bond donors (Lipinski definition) is 2. The zero-order valence-electron chi connectivity index (χ0n) is 8.68. The minimum atomic E-state index is 0.298. The summed E-state index contributed by atoms with van der Waals surface area (Å²) in [5.74, 6) is 0. The van der Waals surface area contributed by atoms with Gasteiger partial charge in [-0.25, -0.2) is 0 Å². The van der Waals surface area contributed by atoms with Gasteiger partial charge < -0.3 is 15.2 Å². The topological polar surface area (TPSA) is 41.5 Å². The lowest BCUT2D eigenvalue weighted by molar-refractivity contribution is -0.0999. The average Bonchev–Trinajstić information content (AvgIpc) is 2.08. The van der Waals surface area contributed by atoms with Crippen molar-refractivity contribution >= 4 is 0 Å². The molecule has 1 aliphatic rings. The molecule has 1 heterocycles. The second-order valence-corrected chi connectivity index (χ2v) is 4.45. The first-order chi connectivity index (χ1) is 6.16. The van der Waals surface area contributed by atoms with Crippen molar-refractivity contribution in [2.24, 2.45) is 5.41 Å². The maximum absolute atomic E-state index is 8.65. The molecule has 1 atom stereocenters. The highest BCUT2D eigenvalue weighted by molar-refractivity contribution is 4.83. The van der Waals surface area contributed by atoms with E-state index in [9.17, 15) is 0 Å². The Bertz CT molecular complexity index is 146. The van der Waals surface area contributed by atoms with Gasteiger partial charge in [0.25, 0.3) is 0 Å². The average molecular weight is 187 g/mol. The second-order valence-electron chi connectivity index (χ2n) is 4.45. The molecule has 0 aromatic heterocycles. The fourth-order valence-corrected chi connectivity index (χ4v) is 1.47. The highest BCUT2D eigenvalue weighted by Gasteiger charge is 2.32. The number of hydrogen-bond acceptors (Lipinski definition) is 3. The summed E-state index contributed by atoms with van der Waals surface area (Å²) in [7, 11) is 0. The van der Waals surface area contributed by atoms with Crippen LogP contribution in [-0.4, -0.2) is 37.5 Å². The highest BCUT2D eigenvalue weighted by atomic mass is 16.5. The van der Waals surface area contributed by atoms with Gasteiger partial charge in [0.15, 0.2) is 0 Å². The van der Waals surface area contributed by atoms with E-state index in [1.54, 1.807) is 0 Å². The summed E-state index contributed by atoms with van der Waals surface area (Å²) in [6.45, 7) is 7.49. The zero-order valence-corrected chi connectivity index (χ0v) is 8.68. The largest absolute Gasteiger partial charge is 0.396 e. The van der Waals surface area contributed by atoms with Crippen LogP contribution in [0.5, 0.6) is 0 Å². The van der Waals surface area contributed by atoms with Crippen molar-refractivity contribution in [2.45, 2.75) is 32.7 Å². The maximum atomic E-state index is 8.65. The molecular weight excluding hydrogens is 166 g/mol. The van der Waals surface area contributed by atoms with Gasteiger partial charge in [0, 0.05) is 24.6 Å². The molecule has 0 saturated carbocycles. The fourth-order valence-electron chi connectivity index (χ4n) is 1.47. The summed E-state index contributed by atoms with van der Waals surface area (Å²) in [5.41, 5.74) is 0.355. The first-order valence-electron chi connectivity index (χ1n) is 5.08. The van der Waals surface area contributed by atoms with Crippen LogP contribution in [-0.2, 0) is 4.74 Å². The molecule has 1 aliphatic heterocycles. The van der Waals surface area contributed by atoms with Crippen molar-refractivity contribution in [3.05, 3.63) is 0 Å². The van der Waals surface area contributed by atoms with Gasteiger partial charge in [0.05, 0.1) is 13.2 Å². The molecule has 3 nitrogen and oxygen atoms in total. The molecule has 1 fully saturated rings. The zero-order chi connectivity index (χ0) is 9.73. The van der Waals surface area contributed by atoms with Crippen LogP contribution >= 0.6 is 0 Å². The standard InChI is InChI=1S/C10H21NO2/c1-9(4-3-5-12)11-6-10(2)7-13-8-10/h9,11-12H,3-8H2,1-2H3. The molecule has 1 saturated heterocycles. The molecule has 2 N–H and O–H groups in total. The molecule has 0 amide bonds. The van der Waals surface area contributed by atoms with E-state index in [1.165, 1.54) is 0 Å². The molecule has 0 radical (unpaired) electrons. The van der Waals surface area contributed by atoms with Crippen molar-refractivity contribution in [2.75, 3.05) is 26.4 Å².